The van der Waals surface area contributed by atoms with E-state index in [0.29, 0.717) is 12.8 Å². The Hall–Kier alpha value is -2.41. The number of nitrogens with one attached hydrogen (secondary N) is 1. The third-order valence-corrected chi connectivity index (χ3v) is 4.63. The lowest BCUT2D eigenvalue weighted by molar-refractivity contribution is -0.138. The molecule has 0 aromatic heterocycles. The number of benzene rings is 1. The van der Waals surface area contributed by atoms with Crippen molar-refractivity contribution < 1.29 is 19.5 Å². The predicted octanol–water partition coefficient (Wildman–Crippen LogP) is 0.413. The van der Waals surface area contributed by atoms with Crippen LogP contribution in [-0.4, -0.2) is 60.5 Å². The summed E-state index contributed by atoms with van der Waals surface area (Å²) < 4.78 is 0. The second-order valence-electron chi connectivity index (χ2n) is 6.25. The molecule has 2 aliphatic rings. The normalized spacial score (nSPS) is 22.3. The van der Waals surface area contributed by atoms with Crippen LogP contribution in [-0.2, 0) is 14.4 Å². The molecule has 2 N–H and O–H groups in total. The van der Waals surface area contributed by atoms with Crippen molar-refractivity contribution in [2.75, 3.05) is 37.6 Å². The van der Waals surface area contributed by atoms with E-state index in [-0.39, 0.29) is 24.3 Å². The predicted molar refractivity (Wildman–Crippen MR) is 87.9 cm³/mol. The number of rotatable bonds is 4. The number of piperazine rings is 1. The van der Waals surface area contributed by atoms with Crippen LogP contribution in [0.1, 0.15) is 24.3 Å². The first-order chi connectivity index (χ1) is 11.5. The second-order valence-corrected chi connectivity index (χ2v) is 6.25. The van der Waals surface area contributed by atoms with Gasteiger partial charge in [-0.25, -0.2) is 0 Å². The van der Waals surface area contributed by atoms with E-state index < -0.39 is 5.97 Å². The molecule has 2 amide bonds. The smallest absolute Gasteiger partial charge is 0.317 e. The first-order valence-electron chi connectivity index (χ1n) is 8.15. The minimum Gasteiger partial charge on any atom is -0.480 e. The Kier molecular flexibility index (Phi) is 4.80. The Bertz CT molecular complexity index is 636. The van der Waals surface area contributed by atoms with Gasteiger partial charge in [0.05, 0.1) is 12.5 Å². The van der Waals surface area contributed by atoms with Crippen LogP contribution in [0.5, 0.6) is 0 Å². The van der Waals surface area contributed by atoms with Crippen molar-refractivity contribution in [1.82, 2.24) is 10.2 Å². The highest BCUT2D eigenvalue weighted by molar-refractivity contribution is 6.00. The molecule has 0 bridgehead atoms. The Morgan fingerprint density at radius 3 is 2.38 bits per heavy atom. The maximum atomic E-state index is 11.9. The molecule has 1 aromatic carbocycles. The molecule has 7 heteroatoms. The molecule has 1 unspecified atom stereocenters. The molecule has 0 aliphatic carbocycles. The van der Waals surface area contributed by atoms with E-state index in [1.165, 1.54) is 0 Å². The van der Waals surface area contributed by atoms with Crippen LogP contribution >= 0.6 is 0 Å². The summed E-state index contributed by atoms with van der Waals surface area (Å²) >= 11 is 0. The van der Waals surface area contributed by atoms with Crippen LogP contribution in [0.2, 0.25) is 0 Å². The van der Waals surface area contributed by atoms with Crippen LogP contribution in [0.4, 0.5) is 5.69 Å². The lowest BCUT2D eigenvalue weighted by Gasteiger charge is -2.35. The highest BCUT2D eigenvalue weighted by Gasteiger charge is 2.28. The van der Waals surface area contributed by atoms with Crippen molar-refractivity contribution >= 4 is 23.5 Å². The number of carbonyl (C=O) groups excluding carboxylic acids is 2. The van der Waals surface area contributed by atoms with Gasteiger partial charge in [-0.05, 0) is 24.1 Å². The maximum Gasteiger partial charge on any atom is 0.317 e. The second kappa shape index (κ2) is 7.00. The van der Waals surface area contributed by atoms with Crippen molar-refractivity contribution in [2.45, 2.75) is 18.8 Å². The molecule has 0 radical (unpaired) electrons. The van der Waals surface area contributed by atoms with Gasteiger partial charge >= 0.3 is 5.97 Å². The fourth-order valence-corrected chi connectivity index (χ4v) is 3.28. The van der Waals surface area contributed by atoms with E-state index in [1.54, 1.807) is 0 Å². The molecule has 2 aliphatic heterocycles. The molecule has 1 atom stereocenters. The van der Waals surface area contributed by atoms with Gasteiger partial charge in [-0.15, -0.1) is 0 Å². The zero-order valence-electron chi connectivity index (χ0n) is 13.4. The molecule has 2 heterocycles. The number of imide groups is 1. The lowest BCUT2D eigenvalue weighted by atomic mass is 9.90. The Morgan fingerprint density at radius 2 is 1.79 bits per heavy atom. The van der Waals surface area contributed by atoms with Crippen molar-refractivity contribution in [3.05, 3.63) is 29.8 Å². The molecular weight excluding hydrogens is 310 g/mol. The summed E-state index contributed by atoms with van der Waals surface area (Å²) in [6, 6.07) is 7.87. The van der Waals surface area contributed by atoms with E-state index in [9.17, 15) is 14.4 Å². The number of carboxylic acids is 1. The number of anilines is 1. The van der Waals surface area contributed by atoms with Gasteiger partial charge in [-0.1, -0.05) is 12.1 Å². The van der Waals surface area contributed by atoms with Gasteiger partial charge in [0.25, 0.3) is 0 Å². The molecule has 2 saturated heterocycles. The molecule has 3 rings (SSSR count). The summed E-state index contributed by atoms with van der Waals surface area (Å²) in [4.78, 5) is 38.0. The molecule has 128 valence electrons. The number of aliphatic carboxylic acids is 1. The van der Waals surface area contributed by atoms with Crippen molar-refractivity contribution in [3.8, 4) is 0 Å². The average Bonchev–Trinajstić information content (AvgIpc) is 2.55. The van der Waals surface area contributed by atoms with Gasteiger partial charge in [-0.3, -0.25) is 24.6 Å². The summed E-state index contributed by atoms with van der Waals surface area (Å²) in [6.45, 7) is 3.10. The van der Waals surface area contributed by atoms with Crippen molar-refractivity contribution in [3.63, 3.8) is 0 Å². The van der Waals surface area contributed by atoms with E-state index in [0.717, 1.165) is 37.4 Å². The van der Waals surface area contributed by atoms with Crippen LogP contribution < -0.4 is 10.2 Å². The summed E-state index contributed by atoms with van der Waals surface area (Å²) in [7, 11) is 0. The van der Waals surface area contributed by atoms with Crippen LogP contribution in [0.25, 0.3) is 0 Å². The first-order valence-corrected chi connectivity index (χ1v) is 8.15. The zero-order valence-corrected chi connectivity index (χ0v) is 13.4. The first kappa shape index (κ1) is 16.4. The number of carboxylic acid groups (broad SMARTS) is 1. The van der Waals surface area contributed by atoms with E-state index in [2.05, 4.69) is 10.2 Å². The maximum absolute atomic E-state index is 11.9. The number of piperidine rings is 1. The van der Waals surface area contributed by atoms with E-state index in [1.807, 2.05) is 29.2 Å². The molecular formula is C17H21N3O4. The van der Waals surface area contributed by atoms with Gasteiger partial charge in [0, 0.05) is 38.3 Å². The molecule has 24 heavy (non-hydrogen) atoms. The standard InChI is InChI=1S/C17H21N3O4/c21-15-6-5-14(17(24)18-15)12-1-3-13(4-2-12)20-9-7-19(8-10-20)11-16(22)23/h1-4,14H,5-11H2,(H,22,23)(H,18,21,24). The fraction of sp³-hybridized carbons (Fsp3) is 0.471. The number of hydrogen-bond donors (Lipinski definition) is 2. The highest BCUT2D eigenvalue weighted by Crippen LogP contribution is 2.27. The molecule has 0 spiro atoms. The molecule has 2 fully saturated rings. The highest BCUT2D eigenvalue weighted by atomic mass is 16.4. The van der Waals surface area contributed by atoms with Crippen molar-refractivity contribution in [2.24, 2.45) is 0 Å². The number of amides is 2. The summed E-state index contributed by atoms with van der Waals surface area (Å²) in [6.07, 6.45) is 0.932. The van der Waals surface area contributed by atoms with Gasteiger partial charge in [0.2, 0.25) is 11.8 Å². The topological polar surface area (TPSA) is 89.9 Å². The monoisotopic (exact) mass is 331 g/mol. The van der Waals surface area contributed by atoms with Gasteiger partial charge in [0.15, 0.2) is 0 Å². The van der Waals surface area contributed by atoms with Gasteiger partial charge in [0.1, 0.15) is 0 Å². The summed E-state index contributed by atoms with van der Waals surface area (Å²) in [5.74, 6) is -1.48. The number of hydrogen-bond acceptors (Lipinski definition) is 5. The van der Waals surface area contributed by atoms with Crippen LogP contribution in [0, 0.1) is 0 Å². The summed E-state index contributed by atoms with van der Waals surface area (Å²) in [5, 5.41) is 11.2. The minimum absolute atomic E-state index is 0.0856. The van der Waals surface area contributed by atoms with Gasteiger partial charge in [-0.2, -0.15) is 0 Å². The van der Waals surface area contributed by atoms with Crippen LogP contribution in [0.15, 0.2) is 24.3 Å². The van der Waals surface area contributed by atoms with Crippen LogP contribution in [0.3, 0.4) is 0 Å². The lowest BCUT2D eigenvalue weighted by Crippen LogP contribution is -2.48. The Balaban J connectivity index is 1.60. The van der Waals surface area contributed by atoms with Gasteiger partial charge < -0.3 is 10.0 Å². The SMILES string of the molecule is O=C(O)CN1CCN(c2ccc(C3CCC(=O)NC3=O)cc2)CC1. The third kappa shape index (κ3) is 3.73. The number of nitrogens with zero attached hydrogens (tertiary/aromatic N) is 2. The summed E-state index contributed by atoms with van der Waals surface area (Å²) in [5.41, 5.74) is 1.99. The molecule has 0 saturated carbocycles. The fourth-order valence-electron chi connectivity index (χ4n) is 3.28. The molecule has 1 aromatic rings. The average molecular weight is 331 g/mol. The zero-order chi connectivity index (χ0) is 17.1. The largest absolute Gasteiger partial charge is 0.480 e. The third-order valence-electron chi connectivity index (χ3n) is 4.63. The Morgan fingerprint density at radius 1 is 1.12 bits per heavy atom. The quantitative estimate of drug-likeness (QED) is 0.777. The number of carbonyl (C=O) groups is 3. The Labute approximate surface area is 140 Å². The van der Waals surface area contributed by atoms with Crippen molar-refractivity contribution in [1.29, 1.82) is 0 Å². The van der Waals surface area contributed by atoms with E-state index >= 15 is 0 Å². The minimum atomic E-state index is -0.794. The molecule has 7 nitrogen and oxygen atoms in total. The van der Waals surface area contributed by atoms with E-state index in [4.69, 9.17) is 5.11 Å².